The number of hydrogen-bond acceptors (Lipinski definition) is 4. The monoisotopic (exact) mass is 368 g/mol. The molecule has 0 spiro atoms. The summed E-state index contributed by atoms with van der Waals surface area (Å²) < 4.78 is 0. The van der Waals surface area contributed by atoms with E-state index >= 15 is 0 Å². The number of carbonyl (C=O) groups is 1. The number of likely N-dealkylation sites (tertiary alicyclic amines) is 1. The van der Waals surface area contributed by atoms with Crippen LogP contribution in [0.1, 0.15) is 49.6 Å². The Morgan fingerprint density at radius 1 is 1.22 bits per heavy atom. The molecule has 0 saturated carbocycles. The zero-order valence-corrected chi connectivity index (χ0v) is 16.2. The van der Waals surface area contributed by atoms with Gasteiger partial charge < -0.3 is 15.3 Å². The third-order valence-electron chi connectivity index (χ3n) is 5.26. The van der Waals surface area contributed by atoms with Gasteiger partial charge in [0.15, 0.2) is 0 Å². The van der Waals surface area contributed by atoms with E-state index in [4.69, 9.17) is 0 Å². The van der Waals surface area contributed by atoms with Crippen molar-refractivity contribution >= 4 is 6.03 Å². The SMILES string of the molecule is Cc1ccc(C2(O)CCN(C(=O)NC(c3cccnc3)C(C)C)CC2)nc1. The van der Waals surface area contributed by atoms with Crippen molar-refractivity contribution < 1.29 is 9.90 Å². The number of carbonyl (C=O) groups excluding carboxylic acids is 1. The van der Waals surface area contributed by atoms with Gasteiger partial charge in [-0.25, -0.2) is 4.79 Å². The topological polar surface area (TPSA) is 78.4 Å². The third-order valence-corrected chi connectivity index (χ3v) is 5.26. The summed E-state index contributed by atoms with van der Waals surface area (Å²) in [5.74, 6) is 0.247. The second-order valence-electron chi connectivity index (χ2n) is 7.70. The fourth-order valence-corrected chi connectivity index (χ4v) is 3.50. The summed E-state index contributed by atoms with van der Waals surface area (Å²) in [7, 11) is 0. The smallest absolute Gasteiger partial charge is 0.317 e. The second kappa shape index (κ2) is 8.05. The number of nitrogens with one attached hydrogen (secondary N) is 1. The maximum absolute atomic E-state index is 12.8. The molecule has 27 heavy (non-hydrogen) atoms. The maximum Gasteiger partial charge on any atom is 0.317 e. The van der Waals surface area contributed by atoms with Crippen molar-refractivity contribution in [2.75, 3.05) is 13.1 Å². The van der Waals surface area contributed by atoms with Crippen molar-refractivity contribution in [3.05, 3.63) is 59.7 Å². The number of amides is 2. The Bertz CT molecular complexity index is 754. The van der Waals surface area contributed by atoms with Crippen LogP contribution in [0.25, 0.3) is 0 Å². The van der Waals surface area contributed by atoms with Crippen LogP contribution >= 0.6 is 0 Å². The molecule has 1 aliphatic rings. The van der Waals surface area contributed by atoms with E-state index in [9.17, 15) is 9.90 Å². The molecule has 6 nitrogen and oxygen atoms in total. The van der Waals surface area contributed by atoms with Gasteiger partial charge in [-0.05, 0) is 48.9 Å². The number of aromatic nitrogens is 2. The Morgan fingerprint density at radius 2 is 1.96 bits per heavy atom. The van der Waals surface area contributed by atoms with E-state index in [0.29, 0.717) is 31.6 Å². The van der Waals surface area contributed by atoms with Crippen LogP contribution < -0.4 is 5.32 Å². The maximum atomic E-state index is 12.8. The number of pyridine rings is 2. The van der Waals surface area contributed by atoms with E-state index in [1.54, 1.807) is 23.5 Å². The van der Waals surface area contributed by atoms with Gasteiger partial charge in [-0.1, -0.05) is 26.0 Å². The van der Waals surface area contributed by atoms with Crippen LogP contribution in [-0.4, -0.2) is 39.1 Å². The fourth-order valence-electron chi connectivity index (χ4n) is 3.50. The number of urea groups is 1. The van der Waals surface area contributed by atoms with Crippen LogP contribution in [-0.2, 0) is 5.60 Å². The summed E-state index contributed by atoms with van der Waals surface area (Å²) in [6.45, 7) is 7.12. The van der Waals surface area contributed by atoms with E-state index in [1.807, 2.05) is 31.2 Å². The Kier molecular flexibility index (Phi) is 5.75. The van der Waals surface area contributed by atoms with Crippen molar-refractivity contribution in [2.45, 2.75) is 45.3 Å². The zero-order chi connectivity index (χ0) is 19.4. The van der Waals surface area contributed by atoms with Crippen LogP contribution in [0.2, 0.25) is 0 Å². The molecule has 0 aliphatic carbocycles. The Hall–Kier alpha value is -2.47. The molecule has 2 amide bonds. The molecule has 0 aromatic carbocycles. The van der Waals surface area contributed by atoms with Crippen molar-refractivity contribution in [1.82, 2.24) is 20.2 Å². The number of nitrogens with zero attached hydrogens (tertiary/aromatic N) is 3. The predicted octanol–water partition coefficient (Wildman–Crippen LogP) is 3.18. The number of aliphatic hydroxyl groups is 1. The first-order valence-corrected chi connectivity index (χ1v) is 9.50. The largest absolute Gasteiger partial charge is 0.383 e. The van der Waals surface area contributed by atoms with Crippen LogP contribution in [0.15, 0.2) is 42.9 Å². The first-order valence-electron chi connectivity index (χ1n) is 9.50. The van der Waals surface area contributed by atoms with E-state index in [-0.39, 0.29) is 18.0 Å². The molecule has 0 radical (unpaired) electrons. The number of hydrogen-bond donors (Lipinski definition) is 2. The molecule has 2 aromatic rings. The minimum atomic E-state index is -0.967. The highest BCUT2D eigenvalue weighted by molar-refractivity contribution is 5.75. The summed E-state index contributed by atoms with van der Waals surface area (Å²) in [4.78, 5) is 23.1. The Balaban J connectivity index is 1.63. The molecule has 3 rings (SSSR count). The lowest BCUT2D eigenvalue weighted by atomic mass is 9.87. The summed E-state index contributed by atoms with van der Waals surface area (Å²) >= 11 is 0. The summed E-state index contributed by atoms with van der Waals surface area (Å²) in [6.07, 6.45) is 6.26. The predicted molar refractivity (Wildman–Crippen MR) is 104 cm³/mol. The van der Waals surface area contributed by atoms with Crippen LogP contribution in [0.5, 0.6) is 0 Å². The van der Waals surface area contributed by atoms with E-state index in [1.165, 1.54) is 0 Å². The van der Waals surface area contributed by atoms with Gasteiger partial charge in [0.1, 0.15) is 5.60 Å². The average molecular weight is 368 g/mol. The lowest BCUT2D eigenvalue weighted by Crippen LogP contribution is -2.50. The highest BCUT2D eigenvalue weighted by Gasteiger charge is 2.37. The summed E-state index contributed by atoms with van der Waals surface area (Å²) in [5.41, 5.74) is 1.78. The van der Waals surface area contributed by atoms with Crippen LogP contribution in [0.4, 0.5) is 4.79 Å². The highest BCUT2D eigenvalue weighted by Crippen LogP contribution is 2.32. The van der Waals surface area contributed by atoms with Crippen molar-refractivity contribution in [1.29, 1.82) is 0 Å². The number of piperidine rings is 1. The highest BCUT2D eigenvalue weighted by atomic mass is 16.3. The molecule has 2 N–H and O–H groups in total. The Morgan fingerprint density at radius 3 is 2.52 bits per heavy atom. The van der Waals surface area contributed by atoms with Gasteiger partial charge in [-0.2, -0.15) is 0 Å². The second-order valence-corrected chi connectivity index (χ2v) is 7.70. The van der Waals surface area contributed by atoms with Gasteiger partial charge >= 0.3 is 6.03 Å². The average Bonchev–Trinajstić information content (AvgIpc) is 2.67. The normalized spacial score (nSPS) is 17.6. The van der Waals surface area contributed by atoms with E-state index in [2.05, 4.69) is 29.1 Å². The molecule has 0 bridgehead atoms. The zero-order valence-electron chi connectivity index (χ0n) is 16.2. The molecular weight excluding hydrogens is 340 g/mol. The fraction of sp³-hybridized carbons (Fsp3) is 0.476. The van der Waals surface area contributed by atoms with Crippen LogP contribution in [0.3, 0.4) is 0 Å². The standard InChI is InChI=1S/C21H28N4O2/c1-15(2)19(17-5-4-10-22-14-17)24-20(26)25-11-8-21(27,9-12-25)18-7-6-16(3)13-23-18/h4-7,10,13-15,19,27H,8-9,11-12H2,1-3H3,(H,24,26). The van der Waals surface area contributed by atoms with E-state index in [0.717, 1.165) is 11.1 Å². The molecule has 1 saturated heterocycles. The van der Waals surface area contributed by atoms with Gasteiger partial charge in [0.25, 0.3) is 0 Å². The van der Waals surface area contributed by atoms with Gasteiger partial charge in [-0.3, -0.25) is 9.97 Å². The van der Waals surface area contributed by atoms with Crippen molar-refractivity contribution in [3.8, 4) is 0 Å². The van der Waals surface area contributed by atoms with E-state index < -0.39 is 5.60 Å². The third kappa shape index (κ3) is 4.45. The summed E-state index contributed by atoms with van der Waals surface area (Å²) in [5, 5.41) is 14.1. The minimum absolute atomic E-state index is 0.0919. The quantitative estimate of drug-likeness (QED) is 0.869. The molecule has 144 valence electrons. The van der Waals surface area contributed by atoms with Gasteiger partial charge in [0.05, 0.1) is 11.7 Å². The molecule has 6 heteroatoms. The lowest BCUT2D eigenvalue weighted by Gasteiger charge is -2.38. The first-order chi connectivity index (χ1) is 12.9. The molecule has 1 fully saturated rings. The van der Waals surface area contributed by atoms with Gasteiger partial charge in [-0.15, -0.1) is 0 Å². The molecule has 2 aromatic heterocycles. The Labute approximate surface area is 160 Å². The molecule has 3 heterocycles. The minimum Gasteiger partial charge on any atom is -0.383 e. The van der Waals surface area contributed by atoms with Gasteiger partial charge in [0, 0.05) is 31.7 Å². The number of aryl methyl sites for hydroxylation is 1. The molecule has 1 unspecified atom stereocenters. The molecular formula is C21H28N4O2. The first kappa shape index (κ1) is 19.3. The summed E-state index contributed by atoms with van der Waals surface area (Å²) in [6, 6.07) is 7.51. The van der Waals surface area contributed by atoms with Gasteiger partial charge in [0.2, 0.25) is 0 Å². The van der Waals surface area contributed by atoms with Crippen LogP contribution in [0, 0.1) is 12.8 Å². The van der Waals surface area contributed by atoms with Crippen molar-refractivity contribution in [3.63, 3.8) is 0 Å². The lowest BCUT2D eigenvalue weighted by molar-refractivity contribution is -0.0206. The molecule has 1 atom stereocenters. The molecule has 1 aliphatic heterocycles. The number of rotatable bonds is 4. The van der Waals surface area contributed by atoms with Crippen molar-refractivity contribution in [2.24, 2.45) is 5.92 Å².